The van der Waals surface area contributed by atoms with E-state index in [-0.39, 0.29) is 5.92 Å². The third-order valence-corrected chi connectivity index (χ3v) is 5.95. The Hall–Kier alpha value is -2.99. The van der Waals surface area contributed by atoms with Gasteiger partial charge in [0.2, 0.25) is 0 Å². The van der Waals surface area contributed by atoms with Crippen LogP contribution >= 0.6 is 11.6 Å². The van der Waals surface area contributed by atoms with Crippen LogP contribution in [0, 0.1) is 5.92 Å². The Bertz CT molecular complexity index is 1010. The van der Waals surface area contributed by atoms with Crippen LogP contribution in [-0.4, -0.2) is 40.5 Å². The molecule has 1 aromatic heterocycles. The van der Waals surface area contributed by atoms with E-state index < -0.39 is 17.4 Å². The minimum Gasteiger partial charge on any atom is -0.329 e. The van der Waals surface area contributed by atoms with Gasteiger partial charge in [0.15, 0.2) is 0 Å². The summed E-state index contributed by atoms with van der Waals surface area (Å²) in [5.41, 5.74) is 2.61. The first kappa shape index (κ1) is 22.7. The highest BCUT2D eigenvalue weighted by molar-refractivity contribution is 6.39. The molecule has 1 aliphatic rings. The van der Waals surface area contributed by atoms with Crippen molar-refractivity contribution in [3.8, 4) is 0 Å². The first-order valence-corrected chi connectivity index (χ1v) is 10.6. The van der Waals surface area contributed by atoms with Gasteiger partial charge in [0.25, 0.3) is 0 Å². The van der Waals surface area contributed by atoms with Gasteiger partial charge in [-0.05, 0) is 70.0 Å². The molecule has 31 heavy (non-hydrogen) atoms. The summed E-state index contributed by atoms with van der Waals surface area (Å²) in [6.45, 7) is 10.2. The molecular formula is C24H27ClN4O2. The minimum absolute atomic E-state index is 0.243. The van der Waals surface area contributed by atoms with E-state index in [4.69, 9.17) is 11.6 Å². The summed E-state index contributed by atoms with van der Waals surface area (Å²) in [4.78, 5) is 35.3. The number of aromatic nitrogens is 1. The maximum Gasteiger partial charge on any atom is 0.315 e. The fraction of sp³-hybridized carbons (Fsp3) is 0.333. The molecule has 2 aromatic rings. The highest BCUT2D eigenvalue weighted by Crippen LogP contribution is 2.41. The molecule has 0 aliphatic carbocycles. The molecule has 0 bridgehead atoms. The van der Waals surface area contributed by atoms with Gasteiger partial charge in [-0.3, -0.25) is 14.6 Å². The quantitative estimate of drug-likeness (QED) is 0.531. The number of aliphatic imine (C=N–C) groups is 1. The third kappa shape index (κ3) is 5.02. The number of para-hydroxylation sites is 1. The third-order valence-electron chi connectivity index (χ3n) is 5.72. The number of nitrogens with zero attached hydrogens (tertiary/aromatic N) is 3. The summed E-state index contributed by atoms with van der Waals surface area (Å²) in [5.74, 6) is -0.725. The Morgan fingerprint density at radius 2 is 2.03 bits per heavy atom. The Balaban J connectivity index is 1.74. The number of carbonyl (C=O) groups is 2. The van der Waals surface area contributed by atoms with Crippen LogP contribution in [0.5, 0.6) is 0 Å². The molecular weight excluding hydrogens is 412 g/mol. The lowest BCUT2D eigenvalue weighted by Gasteiger charge is -2.46. The molecule has 0 radical (unpaired) electrons. The highest BCUT2D eigenvalue weighted by Gasteiger charge is 2.41. The molecule has 6 nitrogen and oxygen atoms in total. The molecule has 0 spiro atoms. The number of benzene rings is 1. The van der Waals surface area contributed by atoms with Gasteiger partial charge in [-0.15, -0.1) is 0 Å². The van der Waals surface area contributed by atoms with Crippen LogP contribution in [0.15, 0.2) is 53.7 Å². The predicted molar refractivity (Wildman–Crippen MR) is 126 cm³/mol. The second-order valence-electron chi connectivity index (χ2n) is 8.19. The van der Waals surface area contributed by atoms with E-state index in [9.17, 15) is 9.59 Å². The van der Waals surface area contributed by atoms with Gasteiger partial charge in [-0.1, -0.05) is 35.9 Å². The van der Waals surface area contributed by atoms with Crippen molar-refractivity contribution in [1.29, 1.82) is 0 Å². The molecule has 0 saturated carbocycles. The topological polar surface area (TPSA) is 74.7 Å². The van der Waals surface area contributed by atoms with Gasteiger partial charge in [-0.25, -0.2) is 4.98 Å². The average molecular weight is 439 g/mol. The number of carbonyl (C=O) groups excluding carboxylic acids is 2. The molecule has 1 atom stereocenters. The summed E-state index contributed by atoms with van der Waals surface area (Å²) in [6, 6.07) is 11.1. The van der Waals surface area contributed by atoms with Gasteiger partial charge in [0, 0.05) is 23.8 Å². The molecule has 162 valence electrons. The molecule has 1 saturated heterocycles. The molecule has 1 N–H and O–H groups in total. The number of hydrogen-bond donors (Lipinski definition) is 1. The van der Waals surface area contributed by atoms with E-state index in [1.165, 1.54) is 11.8 Å². The van der Waals surface area contributed by atoms with E-state index in [0.29, 0.717) is 17.4 Å². The van der Waals surface area contributed by atoms with E-state index >= 15 is 0 Å². The first-order chi connectivity index (χ1) is 14.8. The summed E-state index contributed by atoms with van der Waals surface area (Å²) in [6.07, 6.45) is 5.02. The predicted octanol–water partition coefficient (Wildman–Crippen LogP) is 5.13. The van der Waals surface area contributed by atoms with Gasteiger partial charge >= 0.3 is 11.8 Å². The van der Waals surface area contributed by atoms with Crippen molar-refractivity contribution in [2.75, 3.05) is 11.9 Å². The number of piperidine rings is 1. The molecule has 1 aliphatic heterocycles. The number of nitrogens with one attached hydrogen (secondary N) is 1. The molecule has 2 heterocycles. The largest absolute Gasteiger partial charge is 0.329 e. The summed E-state index contributed by atoms with van der Waals surface area (Å²) in [7, 11) is 0. The zero-order valence-corrected chi connectivity index (χ0v) is 18.8. The number of halogens is 1. The second-order valence-corrected chi connectivity index (χ2v) is 8.63. The van der Waals surface area contributed by atoms with Crippen LogP contribution in [0.1, 0.15) is 39.2 Å². The summed E-state index contributed by atoms with van der Waals surface area (Å²) in [5, 5.41) is 3.02. The van der Waals surface area contributed by atoms with Crippen LogP contribution < -0.4 is 5.32 Å². The van der Waals surface area contributed by atoms with Crippen molar-refractivity contribution >= 4 is 47.2 Å². The van der Waals surface area contributed by atoms with Crippen molar-refractivity contribution in [3.63, 3.8) is 0 Å². The van der Waals surface area contributed by atoms with Gasteiger partial charge in [0.05, 0.1) is 10.7 Å². The molecule has 3 rings (SSSR count). The lowest BCUT2D eigenvalue weighted by molar-refractivity contribution is -0.148. The van der Waals surface area contributed by atoms with Crippen molar-refractivity contribution < 1.29 is 9.59 Å². The van der Waals surface area contributed by atoms with Crippen LogP contribution in [0.25, 0.3) is 5.57 Å². The SMILES string of the molecule is C=Nc1ccccc1/C(=C\C)C1CCN(C(=O)C(=O)Nc2ccc(Cl)cn2)C(C)(C)C1. The van der Waals surface area contributed by atoms with E-state index in [1.807, 2.05) is 39.0 Å². The number of amides is 2. The Kier molecular flexibility index (Phi) is 6.91. The van der Waals surface area contributed by atoms with E-state index in [0.717, 1.165) is 24.1 Å². The van der Waals surface area contributed by atoms with Crippen LogP contribution in [0.2, 0.25) is 5.02 Å². The molecule has 7 heteroatoms. The lowest BCUT2D eigenvalue weighted by atomic mass is 9.76. The fourth-order valence-corrected chi connectivity index (χ4v) is 4.37. The van der Waals surface area contributed by atoms with Crippen LogP contribution in [-0.2, 0) is 9.59 Å². The fourth-order valence-electron chi connectivity index (χ4n) is 4.25. The maximum absolute atomic E-state index is 12.9. The smallest absolute Gasteiger partial charge is 0.315 e. The molecule has 1 unspecified atom stereocenters. The Morgan fingerprint density at radius 3 is 2.65 bits per heavy atom. The molecule has 2 amide bonds. The standard InChI is InChI=1S/C24H27ClN4O2/c1-5-18(19-8-6-7-9-20(19)26-4)16-12-13-29(24(2,3)14-16)23(31)22(30)28-21-11-10-17(25)15-27-21/h5-11,15-16H,4,12-14H2,1-3H3,(H,27,28,30)/b18-5-. The molecule has 1 aromatic carbocycles. The van der Waals surface area contributed by atoms with Crippen molar-refractivity contribution in [2.45, 2.75) is 39.2 Å². The number of anilines is 1. The molecule has 1 fully saturated rings. The second kappa shape index (κ2) is 9.43. The number of likely N-dealkylation sites (tertiary alicyclic amines) is 1. The minimum atomic E-state index is -0.700. The van der Waals surface area contributed by atoms with Crippen LogP contribution in [0.4, 0.5) is 11.5 Å². The van der Waals surface area contributed by atoms with Gasteiger partial charge in [-0.2, -0.15) is 0 Å². The summed E-state index contributed by atoms with van der Waals surface area (Å²) < 4.78 is 0. The average Bonchev–Trinajstić information content (AvgIpc) is 2.75. The van der Waals surface area contributed by atoms with Gasteiger partial charge < -0.3 is 10.2 Å². The van der Waals surface area contributed by atoms with Crippen molar-refractivity contribution in [1.82, 2.24) is 9.88 Å². The number of rotatable bonds is 4. The monoisotopic (exact) mass is 438 g/mol. The van der Waals surface area contributed by atoms with E-state index in [1.54, 1.807) is 17.0 Å². The zero-order chi connectivity index (χ0) is 22.6. The number of pyridine rings is 1. The normalized spacial score (nSPS) is 18.4. The van der Waals surface area contributed by atoms with Gasteiger partial charge in [0.1, 0.15) is 5.82 Å². The van der Waals surface area contributed by atoms with Crippen molar-refractivity contribution in [3.05, 3.63) is 59.3 Å². The highest BCUT2D eigenvalue weighted by atomic mass is 35.5. The zero-order valence-electron chi connectivity index (χ0n) is 18.1. The number of allylic oxidation sites excluding steroid dienone is 2. The lowest BCUT2D eigenvalue weighted by Crippen LogP contribution is -2.55. The van der Waals surface area contributed by atoms with E-state index in [2.05, 4.69) is 34.2 Å². The number of hydrogen-bond acceptors (Lipinski definition) is 4. The maximum atomic E-state index is 12.9. The van der Waals surface area contributed by atoms with Crippen molar-refractivity contribution in [2.24, 2.45) is 10.9 Å². The summed E-state index contributed by atoms with van der Waals surface area (Å²) >= 11 is 5.82. The first-order valence-electron chi connectivity index (χ1n) is 10.2. The Morgan fingerprint density at radius 1 is 1.29 bits per heavy atom. The van der Waals surface area contributed by atoms with Crippen LogP contribution in [0.3, 0.4) is 0 Å². The Labute approximate surface area is 188 Å².